The summed E-state index contributed by atoms with van der Waals surface area (Å²) in [5.74, 6) is -0.126. The average Bonchev–Trinajstić information content (AvgIpc) is 2.94. The monoisotopic (exact) mass is 550 g/mol. The minimum atomic E-state index is -0.455. The lowest BCUT2D eigenvalue weighted by Gasteiger charge is -2.34. The van der Waals surface area contributed by atoms with Crippen LogP contribution >= 0.6 is 67.8 Å². The van der Waals surface area contributed by atoms with Crippen LogP contribution in [-0.2, 0) is 14.3 Å². The van der Waals surface area contributed by atoms with E-state index in [1.807, 2.05) is 13.8 Å². The van der Waals surface area contributed by atoms with Gasteiger partial charge in [-0.15, -0.1) is 0 Å². The molecule has 0 radical (unpaired) electrons. The third-order valence-corrected chi connectivity index (χ3v) is 6.16. The van der Waals surface area contributed by atoms with Crippen LogP contribution < -0.4 is 0 Å². The third-order valence-electron chi connectivity index (χ3n) is 2.59. The summed E-state index contributed by atoms with van der Waals surface area (Å²) < 4.78 is 10.1. The normalized spacial score (nSPS) is 24.5. The molecule has 1 aliphatic rings. The number of hydrogen-bond donors (Lipinski definition) is 0. The predicted octanol–water partition coefficient (Wildman–Crippen LogP) is 3.30. The van der Waals surface area contributed by atoms with Gasteiger partial charge >= 0.3 is 5.97 Å². The van der Waals surface area contributed by atoms with E-state index in [-0.39, 0.29) is 11.5 Å². The topological polar surface area (TPSA) is 38.8 Å². The standard InChI is InChI=1S/C9H13I3O3/c1-3-8(2,9(10,11)12)7(13)15-5-6-4-14-6/h6H,3-5H2,1-2H3. The molecule has 0 saturated carbocycles. The molecule has 0 aromatic heterocycles. The number of halogens is 3. The van der Waals surface area contributed by atoms with Crippen LogP contribution in [0.5, 0.6) is 0 Å². The zero-order valence-corrected chi connectivity index (χ0v) is 15.0. The molecule has 1 heterocycles. The number of ether oxygens (including phenoxy) is 2. The second kappa shape index (κ2) is 5.51. The maximum Gasteiger partial charge on any atom is 0.314 e. The van der Waals surface area contributed by atoms with Crippen LogP contribution in [0.4, 0.5) is 0 Å². The zero-order valence-electron chi connectivity index (χ0n) is 8.56. The van der Waals surface area contributed by atoms with Crippen LogP contribution in [0.3, 0.4) is 0 Å². The van der Waals surface area contributed by atoms with E-state index in [1.54, 1.807) is 0 Å². The molecule has 2 atom stereocenters. The van der Waals surface area contributed by atoms with Crippen molar-refractivity contribution in [3.05, 3.63) is 0 Å². The maximum atomic E-state index is 12.0. The van der Waals surface area contributed by atoms with Crippen molar-refractivity contribution in [2.75, 3.05) is 13.2 Å². The molecule has 15 heavy (non-hydrogen) atoms. The number of alkyl halides is 3. The summed E-state index contributed by atoms with van der Waals surface area (Å²) in [7, 11) is 0. The summed E-state index contributed by atoms with van der Waals surface area (Å²) in [6, 6.07) is 0. The fraction of sp³-hybridized carbons (Fsp3) is 0.889. The van der Waals surface area contributed by atoms with Crippen LogP contribution in [0.15, 0.2) is 0 Å². The largest absolute Gasteiger partial charge is 0.462 e. The zero-order chi connectivity index (χ0) is 11.7. The van der Waals surface area contributed by atoms with E-state index in [2.05, 4.69) is 67.8 Å². The predicted molar refractivity (Wildman–Crippen MR) is 83.9 cm³/mol. The molecule has 0 amide bonds. The van der Waals surface area contributed by atoms with Crippen LogP contribution in [0, 0.1) is 5.41 Å². The van der Waals surface area contributed by atoms with Gasteiger partial charge in [-0.25, -0.2) is 0 Å². The highest BCUT2D eigenvalue weighted by molar-refractivity contribution is 14.3. The number of hydrogen-bond acceptors (Lipinski definition) is 3. The van der Waals surface area contributed by atoms with Crippen molar-refractivity contribution in [1.29, 1.82) is 0 Å². The van der Waals surface area contributed by atoms with E-state index >= 15 is 0 Å². The Hall–Kier alpha value is 1.62. The van der Waals surface area contributed by atoms with E-state index in [1.165, 1.54) is 0 Å². The van der Waals surface area contributed by atoms with E-state index in [4.69, 9.17) is 9.47 Å². The fourth-order valence-electron chi connectivity index (χ4n) is 0.953. The average molecular weight is 550 g/mol. The number of esters is 1. The summed E-state index contributed by atoms with van der Waals surface area (Å²) in [5.41, 5.74) is -0.455. The lowest BCUT2D eigenvalue weighted by atomic mass is 9.90. The Kier molecular flexibility index (Phi) is 5.39. The molecule has 0 aromatic rings. The van der Waals surface area contributed by atoms with Gasteiger partial charge in [-0.2, -0.15) is 0 Å². The van der Waals surface area contributed by atoms with Crippen molar-refractivity contribution in [3.63, 3.8) is 0 Å². The molecule has 1 aliphatic heterocycles. The minimum absolute atomic E-state index is 0.126. The molecule has 0 bridgehead atoms. The van der Waals surface area contributed by atoms with Gasteiger partial charge in [0.25, 0.3) is 0 Å². The molecule has 0 N–H and O–H groups in total. The number of carbonyl (C=O) groups excluding carboxylic acids is 1. The van der Waals surface area contributed by atoms with Gasteiger partial charge in [-0.05, 0) is 13.3 Å². The van der Waals surface area contributed by atoms with Crippen molar-refractivity contribution in [2.24, 2.45) is 5.41 Å². The molecule has 0 aromatic carbocycles. The minimum Gasteiger partial charge on any atom is -0.462 e. The van der Waals surface area contributed by atoms with Gasteiger partial charge in [0.2, 0.25) is 0 Å². The Bertz CT molecular complexity index is 247. The van der Waals surface area contributed by atoms with Gasteiger partial charge in [-0.3, -0.25) is 4.79 Å². The van der Waals surface area contributed by atoms with E-state index in [0.717, 1.165) is 13.0 Å². The number of rotatable bonds is 5. The van der Waals surface area contributed by atoms with Gasteiger partial charge in [0.05, 0.1) is 12.0 Å². The van der Waals surface area contributed by atoms with Crippen molar-refractivity contribution in [3.8, 4) is 0 Å². The third kappa shape index (κ3) is 3.80. The summed E-state index contributed by atoms with van der Waals surface area (Å²) in [4.78, 5) is 12.0. The summed E-state index contributed by atoms with van der Waals surface area (Å²) in [6.45, 7) is 5.09. The van der Waals surface area contributed by atoms with Crippen LogP contribution in [0.1, 0.15) is 20.3 Å². The van der Waals surface area contributed by atoms with E-state index in [0.29, 0.717) is 6.61 Å². The highest BCUT2D eigenvalue weighted by Gasteiger charge is 2.49. The van der Waals surface area contributed by atoms with Gasteiger partial charge in [0.15, 0.2) is 0 Å². The fourth-order valence-corrected chi connectivity index (χ4v) is 2.76. The summed E-state index contributed by atoms with van der Waals surface area (Å²) >= 11 is 6.85. The van der Waals surface area contributed by atoms with E-state index < -0.39 is 5.41 Å². The van der Waals surface area contributed by atoms with Crippen molar-refractivity contribution >= 4 is 73.7 Å². The van der Waals surface area contributed by atoms with Crippen LogP contribution in [0.25, 0.3) is 0 Å². The van der Waals surface area contributed by atoms with Crippen molar-refractivity contribution in [2.45, 2.75) is 25.8 Å². The molecule has 1 fully saturated rings. The highest BCUT2D eigenvalue weighted by atomic mass is 127. The van der Waals surface area contributed by atoms with Gasteiger partial charge in [0.1, 0.15) is 12.1 Å². The van der Waals surface area contributed by atoms with E-state index in [9.17, 15) is 4.79 Å². The molecular formula is C9H13I3O3. The Balaban J connectivity index is 2.58. The Morgan fingerprint density at radius 3 is 2.40 bits per heavy atom. The number of epoxide rings is 1. The molecule has 0 spiro atoms. The molecule has 1 saturated heterocycles. The van der Waals surface area contributed by atoms with Crippen molar-refractivity contribution in [1.82, 2.24) is 0 Å². The first-order valence-corrected chi connectivity index (χ1v) is 7.90. The summed E-state index contributed by atoms with van der Waals surface area (Å²) in [6.07, 6.45) is 0.911. The second-order valence-corrected chi connectivity index (χ2v) is 14.8. The Labute approximate surface area is 131 Å². The molecule has 0 aliphatic carbocycles. The number of carbonyl (C=O) groups is 1. The van der Waals surface area contributed by atoms with Crippen LogP contribution in [0.2, 0.25) is 0 Å². The molecule has 1 rings (SSSR count). The molecule has 6 heteroatoms. The van der Waals surface area contributed by atoms with Gasteiger partial charge < -0.3 is 9.47 Å². The lowest BCUT2D eigenvalue weighted by molar-refractivity contribution is -0.154. The first-order valence-electron chi connectivity index (χ1n) is 4.67. The van der Waals surface area contributed by atoms with Gasteiger partial charge in [0, 0.05) is 0 Å². The lowest BCUT2D eigenvalue weighted by Crippen LogP contribution is -2.40. The first kappa shape index (κ1) is 14.7. The molecule has 88 valence electrons. The summed E-state index contributed by atoms with van der Waals surface area (Å²) in [5, 5.41) is 0. The molecule has 2 unspecified atom stereocenters. The second-order valence-electron chi connectivity index (χ2n) is 3.74. The smallest absolute Gasteiger partial charge is 0.314 e. The molecular weight excluding hydrogens is 537 g/mol. The Morgan fingerprint density at radius 1 is 1.53 bits per heavy atom. The van der Waals surface area contributed by atoms with Crippen LogP contribution in [-0.4, -0.2) is 24.7 Å². The van der Waals surface area contributed by atoms with Gasteiger partial charge in [-0.1, -0.05) is 74.7 Å². The Morgan fingerprint density at radius 2 is 2.07 bits per heavy atom. The maximum absolute atomic E-state index is 12.0. The molecule has 3 nitrogen and oxygen atoms in total. The van der Waals surface area contributed by atoms with Crippen molar-refractivity contribution < 1.29 is 14.3 Å². The highest BCUT2D eigenvalue weighted by Crippen LogP contribution is 2.53. The quantitative estimate of drug-likeness (QED) is 0.229. The SMILES string of the molecule is CCC(C)(C(=O)OCC1CO1)C(I)(I)I. The first-order chi connectivity index (χ1) is 6.81.